The molecule has 0 aliphatic carbocycles. The van der Waals surface area contributed by atoms with Crippen LogP contribution >= 0.6 is 15.9 Å². The van der Waals surface area contributed by atoms with E-state index in [4.69, 9.17) is 9.47 Å². The van der Waals surface area contributed by atoms with Gasteiger partial charge in [-0.15, -0.1) is 0 Å². The molecule has 3 heteroatoms. The van der Waals surface area contributed by atoms with Crippen LogP contribution in [0, 0.1) is 5.41 Å². The summed E-state index contributed by atoms with van der Waals surface area (Å²) in [6.45, 7) is 7.39. The molecule has 0 aromatic heterocycles. The van der Waals surface area contributed by atoms with Gasteiger partial charge < -0.3 is 9.47 Å². The highest BCUT2D eigenvalue weighted by molar-refractivity contribution is 9.10. The van der Waals surface area contributed by atoms with Gasteiger partial charge in [-0.25, -0.2) is 0 Å². The number of rotatable bonds is 4. The molecule has 0 heterocycles. The lowest BCUT2D eigenvalue weighted by Crippen LogP contribution is -2.16. The van der Waals surface area contributed by atoms with Crippen molar-refractivity contribution in [2.75, 3.05) is 13.4 Å². The number of benzene rings is 1. The molecule has 0 saturated carbocycles. The van der Waals surface area contributed by atoms with Gasteiger partial charge in [-0.05, 0) is 23.6 Å². The van der Waals surface area contributed by atoms with Crippen molar-refractivity contribution in [2.45, 2.75) is 20.8 Å². The van der Waals surface area contributed by atoms with Crippen molar-refractivity contribution in [3.05, 3.63) is 28.7 Å². The third-order valence-corrected chi connectivity index (χ3v) is 2.13. The maximum Gasteiger partial charge on any atom is 0.189 e. The molecule has 0 fully saturated rings. The first-order chi connectivity index (χ1) is 6.97. The Bertz CT molecular complexity index is 305. The second kappa shape index (κ2) is 5.52. The molecule has 1 aromatic rings. The Morgan fingerprint density at radius 2 is 2.00 bits per heavy atom. The van der Waals surface area contributed by atoms with Crippen LogP contribution in [0.1, 0.15) is 20.8 Å². The van der Waals surface area contributed by atoms with E-state index < -0.39 is 0 Å². The molecule has 1 rings (SSSR count). The Hall–Kier alpha value is -0.540. The van der Waals surface area contributed by atoms with E-state index in [1.807, 2.05) is 24.3 Å². The fourth-order valence-electron chi connectivity index (χ4n) is 1.01. The predicted molar refractivity (Wildman–Crippen MR) is 65.0 cm³/mol. The first-order valence-electron chi connectivity index (χ1n) is 4.93. The second-order valence-electron chi connectivity index (χ2n) is 4.63. The van der Waals surface area contributed by atoms with Crippen LogP contribution in [0.25, 0.3) is 0 Å². The second-order valence-corrected chi connectivity index (χ2v) is 5.54. The molecule has 0 aliphatic heterocycles. The largest absolute Gasteiger partial charge is 0.468 e. The molecule has 0 unspecified atom stereocenters. The molecule has 0 saturated heterocycles. The SMILES string of the molecule is CC(C)(C)COCOc1cccc(Br)c1. The average Bonchev–Trinajstić information content (AvgIpc) is 2.11. The van der Waals surface area contributed by atoms with Crippen molar-refractivity contribution in [3.8, 4) is 5.75 Å². The minimum atomic E-state index is 0.181. The van der Waals surface area contributed by atoms with Gasteiger partial charge in [0.2, 0.25) is 0 Å². The van der Waals surface area contributed by atoms with Crippen LogP contribution in [0.3, 0.4) is 0 Å². The Kier molecular flexibility index (Phi) is 4.61. The molecule has 0 N–H and O–H groups in total. The summed E-state index contributed by atoms with van der Waals surface area (Å²) in [6, 6.07) is 7.72. The molecule has 0 bridgehead atoms. The smallest absolute Gasteiger partial charge is 0.189 e. The van der Waals surface area contributed by atoms with Crippen molar-refractivity contribution in [3.63, 3.8) is 0 Å². The van der Waals surface area contributed by atoms with E-state index in [1.54, 1.807) is 0 Å². The maximum atomic E-state index is 5.43. The first kappa shape index (κ1) is 12.5. The van der Waals surface area contributed by atoms with Gasteiger partial charge in [0.25, 0.3) is 0 Å². The van der Waals surface area contributed by atoms with Gasteiger partial charge in [0.1, 0.15) is 5.75 Å². The Morgan fingerprint density at radius 3 is 2.60 bits per heavy atom. The predicted octanol–water partition coefficient (Wildman–Crippen LogP) is 3.85. The van der Waals surface area contributed by atoms with Crippen molar-refractivity contribution in [2.24, 2.45) is 5.41 Å². The molecular weight excluding hydrogens is 256 g/mol. The van der Waals surface area contributed by atoms with Gasteiger partial charge in [-0.3, -0.25) is 0 Å². The normalized spacial score (nSPS) is 11.5. The van der Waals surface area contributed by atoms with Crippen molar-refractivity contribution >= 4 is 15.9 Å². The number of hydrogen-bond donors (Lipinski definition) is 0. The van der Waals surface area contributed by atoms with E-state index >= 15 is 0 Å². The van der Waals surface area contributed by atoms with E-state index in [0.29, 0.717) is 13.4 Å². The summed E-state index contributed by atoms with van der Waals surface area (Å²) in [5, 5.41) is 0. The van der Waals surface area contributed by atoms with Crippen molar-refractivity contribution in [1.82, 2.24) is 0 Å². The highest BCUT2D eigenvalue weighted by atomic mass is 79.9. The highest BCUT2D eigenvalue weighted by Gasteiger charge is 2.09. The third-order valence-electron chi connectivity index (χ3n) is 1.64. The van der Waals surface area contributed by atoms with E-state index in [9.17, 15) is 0 Å². The summed E-state index contributed by atoms with van der Waals surface area (Å²) in [7, 11) is 0. The molecule has 84 valence electrons. The lowest BCUT2D eigenvalue weighted by Gasteiger charge is -2.18. The van der Waals surface area contributed by atoms with Crippen LogP contribution < -0.4 is 4.74 Å². The zero-order chi connectivity index (χ0) is 11.3. The fraction of sp³-hybridized carbons (Fsp3) is 0.500. The summed E-state index contributed by atoms with van der Waals surface area (Å²) >= 11 is 3.38. The standard InChI is InChI=1S/C12H17BrO2/c1-12(2,3)8-14-9-15-11-6-4-5-10(13)7-11/h4-7H,8-9H2,1-3H3. The molecule has 1 aromatic carbocycles. The van der Waals surface area contributed by atoms with Crippen LogP contribution in [0.2, 0.25) is 0 Å². The molecule has 0 atom stereocenters. The van der Waals surface area contributed by atoms with Gasteiger partial charge in [-0.2, -0.15) is 0 Å². The number of ether oxygens (including phenoxy) is 2. The van der Waals surface area contributed by atoms with Gasteiger partial charge in [0.15, 0.2) is 6.79 Å². The summed E-state index contributed by atoms with van der Waals surface area (Å²) < 4.78 is 11.8. The molecule has 0 aliphatic rings. The Morgan fingerprint density at radius 1 is 1.27 bits per heavy atom. The van der Waals surface area contributed by atoms with Gasteiger partial charge >= 0.3 is 0 Å². The van der Waals surface area contributed by atoms with Crippen molar-refractivity contribution in [1.29, 1.82) is 0 Å². The topological polar surface area (TPSA) is 18.5 Å². The number of halogens is 1. The monoisotopic (exact) mass is 272 g/mol. The van der Waals surface area contributed by atoms with E-state index in [1.165, 1.54) is 0 Å². The van der Waals surface area contributed by atoms with Gasteiger partial charge in [0, 0.05) is 4.47 Å². The first-order valence-corrected chi connectivity index (χ1v) is 5.73. The zero-order valence-corrected chi connectivity index (χ0v) is 11.0. The maximum absolute atomic E-state index is 5.43. The zero-order valence-electron chi connectivity index (χ0n) is 9.42. The summed E-state index contributed by atoms with van der Waals surface area (Å²) in [5.41, 5.74) is 0.181. The summed E-state index contributed by atoms with van der Waals surface area (Å²) in [6.07, 6.45) is 0. The van der Waals surface area contributed by atoms with Gasteiger partial charge in [0.05, 0.1) is 6.61 Å². The molecule has 0 spiro atoms. The third kappa shape index (κ3) is 5.80. The molecular formula is C12H17BrO2. The minimum absolute atomic E-state index is 0.181. The van der Waals surface area contributed by atoms with Crippen LogP contribution in [-0.2, 0) is 4.74 Å². The molecule has 0 radical (unpaired) electrons. The molecule has 15 heavy (non-hydrogen) atoms. The van der Waals surface area contributed by atoms with Crippen LogP contribution in [0.5, 0.6) is 5.75 Å². The van der Waals surface area contributed by atoms with E-state index in [2.05, 4.69) is 36.7 Å². The molecule has 2 nitrogen and oxygen atoms in total. The Labute approximate surface area is 99.7 Å². The number of hydrogen-bond acceptors (Lipinski definition) is 2. The fourth-order valence-corrected chi connectivity index (χ4v) is 1.39. The van der Waals surface area contributed by atoms with Crippen LogP contribution in [-0.4, -0.2) is 13.4 Å². The summed E-state index contributed by atoms with van der Waals surface area (Å²) in [5.74, 6) is 0.818. The van der Waals surface area contributed by atoms with E-state index in [0.717, 1.165) is 10.2 Å². The van der Waals surface area contributed by atoms with Gasteiger partial charge in [-0.1, -0.05) is 42.8 Å². The Balaban J connectivity index is 2.26. The highest BCUT2D eigenvalue weighted by Crippen LogP contribution is 2.18. The minimum Gasteiger partial charge on any atom is -0.468 e. The van der Waals surface area contributed by atoms with Crippen LogP contribution in [0.15, 0.2) is 28.7 Å². The molecule has 0 amide bonds. The lowest BCUT2D eigenvalue weighted by molar-refractivity contribution is -0.0175. The quantitative estimate of drug-likeness (QED) is 0.612. The van der Waals surface area contributed by atoms with E-state index in [-0.39, 0.29) is 5.41 Å². The van der Waals surface area contributed by atoms with Crippen molar-refractivity contribution < 1.29 is 9.47 Å². The lowest BCUT2D eigenvalue weighted by atomic mass is 9.99. The van der Waals surface area contributed by atoms with Crippen LogP contribution in [0.4, 0.5) is 0 Å². The summed E-state index contributed by atoms with van der Waals surface area (Å²) in [4.78, 5) is 0. The average molecular weight is 273 g/mol.